The van der Waals surface area contributed by atoms with E-state index in [1.807, 2.05) is 37.3 Å². The molecular formula is C16H17NO2. The lowest BCUT2D eigenvalue weighted by Crippen LogP contribution is -1.99. The van der Waals surface area contributed by atoms with E-state index in [2.05, 4.69) is 6.58 Å². The van der Waals surface area contributed by atoms with Crippen molar-refractivity contribution < 1.29 is 9.84 Å². The number of ether oxygens (including phenoxy) is 1. The first-order valence-corrected chi connectivity index (χ1v) is 6.03. The Kier molecular flexibility index (Phi) is 3.76. The summed E-state index contributed by atoms with van der Waals surface area (Å²) in [6, 6.07) is 13.3. The van der Waals surface area contributed by atoms with E-state index in [1.165, 1.54) is 0 Å². The summed E-state index contributed by atoms with van der Waals surface area (Å²) in [7, 11) is 0. The zero-order valence-corrected chi connectivity index (χ0v) is 10.9. The molecule has 0 atom stereocenters. The number of rotatable bonds is 4. The Hall–Kier alpha value is -2.42. The van der Waals surface area contributed by atoms with Crippen molar-refractivity contribution in [2.75, 3.05) is 5.73 Å². The molecule has 0 aliphatic rings. The van der Waals surface area contributed by atoms with Gasteiger partial charge in [-0.15, -0.1) is 0 Å². The van der Waals surface area contributed by atoms with Crippen molar-refractivity contribution in [2.45, 2.75) is 13.5 Å². The number of phenols is 1. The minimum atomic E-state index is 0.0260. The molecule has 19 heavy (non-hydrogen) atoms. The molecule has 0 saturated heterocycles. The molecule has 0 unspecified atom stereocenters. The number of hydrogen-bond donors (Lipinski definition) is 2. The summed E-state index contributed by atoms with van der Waals surface area (Å²) in [4.78, 5) is 0. The number of anilines is 1. The highest BCUT2D eigenvalue weighted by Crippen LogP contribution is 2.37. The van der Waals surface area contributed by atoms with Crippen molar-refractivity contribution in [3.63, 3.8) is 0 Å². The molecule has 0 aromatic heterocycles. The van der Waals surface area contributed by atoms with Gasteiger partial charge < -0.3 is 15.6 Å². The Morgan fingerprint density at radius 1 is 1.21 bits per heavy atom. The summed E-state index contributed by atoms with van der Waals surface area (Å²) >= 11 is 0. The lowest BCUT2D eigenvalue weighted by atomic mass is 10.1. The van der Waals surface area contributed by atoms with Crippen LogP contribution in [0.25, 0.3) is 5.57 Å². The molecule has 0 spiro atoms. The summed E-state index contributed by atoms with van der Waals surface area (Å²) in [5.74, 6) is 0.504. The fourth-order valence-corrected chi connectivity index (χ4v) is 1.80. The Morgan fingerprint density at radius 2 is 1.89 bits per heavy atom. The molecule has 3 heteroatoms. The van der Waals surface area contributed by atoms with Gasteiger partial charge in [-0.1, -0.05) is 36.9 Å². The van der Waals surface area contributed by atoms with Gasteiger partial charge in [-0.3, -0.25) is 0 Å². The van der Waals surface area contributed by atoms with E-state index in [0.29, 0.717) is 17.9 Å². The third kappa shape index (κ3) is 2.88. The quantitative estimate of drug-likeness (QED) is 0.648. The number of benzene rings is 2. The predicted octanol–water partition coefficient (Wildman–Crippen LogP) is 3.59. The van der Waals surface area contributed by atoms with Crippen LogP contribution in [0.3, 0.4) is 0 Å². The molecular weight excluding hydrogens is 238 g/mol. The van der Waals surface area contributed by atoms with Crippen molar-refractivity contribution in [1.82, 2.24) is 0 Å². The molecule has 0 amide bonds. The highest BCUT2D eigenvalue weighted by molar-refractivity contribution is 5.76. The molecule has 0 saturated carbocycles. The number of hydrogen-bond acceptors (Lipinski definition) is 3. The van der Waals surface area contributed by atoms with E-state index in [0.717, 1.165) is 11.1 Å². The third-order valence-corrected chi connectivity index (χ3v) is 2.87. The first-order chi connectivity index (χ1) is 9.09. The number of nitrogen functional groups attached to an aromatic ring is 1. The molecule has 0 aliphatic heterocycles. The highest BCUT2D eigenvalue weighted by Gasteiger charge is 2.11. The number of allylic oxidation sites excluding steroid dienone is 1. The maximum Gasteiger partial charge on any atom is 0.149 e. The van der Waals surface area contributed by atoms with Crippen LogP contribution in [0.1, 0.15) is 18.1 Å². The fraction of sp³-hybridized carbons (Fsp3) is 0.125. The topological polar surface area (TPSA) is 55.5 Å². The SMILES string of the molecule is C=C(C)c1ccc(OCc2ccccc2)c(N)c1O. The molecule has 3 nitrogen and oxygen atoms in total. The van der Waals surface area contributed by atoms with Crippen molar-refractivity contribution in [2.24, 2.45) is 0 Å². The van der Waals surface area contributed by atoms with Gasteiger partial charge in [0.2, 0.25) is 0 Å². The second-order valence-electron chi connectivity index (χ2n) is 4.43. The van der Waals surface area contributed by atoms with Gasteiger partial charge in [0.25, 0.3) is 0 Å². The molecule has 0 bridgehead atoms. The maximum atomic E-state index is 9.98. The van der Waals surface area contributed by atoms with Gasteiger partial charge >= 0.3 is 0 Å². The molecule has 2 aromatic carbocycles. The van der Waals surface area contributed by atoms with Crippen LogP contribution in [0, 0.1) is 0 Å². The van der Waals surface area contributed by atoms with E-state index < -0.39 is 0 Å². The number of phenolic OH excluding ortho intramolecular Hbond substituents is 1. The lowest BCUT2D eigenvalue weighted by molar-refractivity contribution is 0.306. The standard InChI is InChI=1S/C16H17NO2/c1-11(2)13-8-9-14(15(17)16(13)18)19-10-12-6-4-3-5-7-12/h3-9,18H,1,10,17H2,2H3. The number of aromatic hydroxyl groups is 1. The first-order valence-electron chi connectivity index (χ1n) is 6.03. The molecule has 98 valence electrons. The van der Waals surface area contributed by atoms with Crippen molar-refractivity contribution in [3.05, 3.63) is 60.2 Å². The molecule has 0 radical (unpaired) electrons. The van der Waals surface area contributed by atoms with Crippen LogP contribution >= 0.6 is 0 Å². The van der Waals surface area contributed by atoms with E-state index in [-0.39, 0.29) is 11.4 Å². The Bertz CT molecular complexity index is 591. The summed E-state index contributed by atoms with van der Waals surface area (Å²) < 4.78 is 5.62. The van der Waals surface area contributed by atoms with Crippen molar-refractivity contribution in [3.8, 4) is 11.5 Å². The summed E-state index contributed by atoms with van der Waals surface area (Å²) in [6.45, 7) is 6.03. The second-order valence-corrected chi connectivity index (χ2v) is 4.43. The average Bonchev–Trinajstić information content (AvgIpc) is 2.41. The fourth-order valence-electron chi connectivity index (χ4n) is 1.80. The second kappa shape index (κ2) is 5.48. The molecule has 0 heterocycles. The van der Waals surface area contributed by atoms with Crippen LogP contribution in [0.4, 0.5) is 5.69 Å². The van der Waals surface area contributed by atoms with Crippen molar-refractivity contribution >= 4 is 11.3 Å². The molecule has 0 aliphatic carbocycles. The zero-order chi connectivity index (χ0) is 13.8. The van der Waals surface area contributed by atoms with Gasteiger partial charge in [-0.25, -0.2) is 0 Å². The van der Waals surface area contributed by atoms with Gasteiger partial charge in [0.1, 0.15) is 23.8 Å². The van der Waals surface area contributed by atoms with Crippen LogP contribution in [-0.4, -0.2) is 5.11 Å². The summed E-state index contributed by atoms with van der Waals surface area (Å²) in [6.07, 6.45) is 0. The van der Waals surface area contributed by atoms with Crippen LogP contribution in [0.15, 0.2) is 49.0 Å². The smallest absolute Gasteiger partial charge is 0.149 e. The van der Waals surface area contributed by atoms with Crippen LogP contribution in [-0.2, 0) is 6.61 Å². The Morgan fingerprint density at radius 3 is 2.53 bits per heavy atom. The summed E-state index contributed by atoms with van der Waals surface area (Å²) in [5.41, 5.74) is 8.57. The minimum absolute atomic E-state index is 0.0260. The molecule has 2 rings (SSSR count). The molecule has 2 aromatic rings. The first kappa shape index (κ1) is 13.0. The Labute approximate surface area is 113 Å². The van der Waals surface area contributed by atoms with E-state index >= 15 is 0 Å². The van der Waals surface area contributed by atoms with Gasteiger partial charge in [0.15, 0.2) is 0 Å². The van der Waals surface area contributed by atoms with Crippen LogP contribution in [0.5, 0.6) is 11.5 Å². The molecule has 3 N–H and O–H groups in total. The van der Waals surface area contributed by atoms with E-state index in [4.69, 9.17) is 10.5 Å². The van der Waals surface area contributed by atoms with Crippen LogP contribution in [0.2, 0.25) is 0 Å². The van der Waals surface area contributed by atoms with Crippen molar-refractivity contribution in [1.29, 1.82) is 0 Å². The van der Waals surface area contributed by atoms with Gasteiger partial charge in [-0.05, 0) is 30.2 Å². The predicted molar refractivity (Wildman–Crippen MR) is 78.0 cm³/mol. The largest absolute Gasteiger partial charge is 0.505 e. The zero-order valence-electron chi connectivity index (χ0n) is 10.9. The normalized spacial score (nSPS) is 10.2. The van der Waals surface area contributed by atoms with E-state index in [1.54, 1.807) is 12.1 Å². The third-order valence-electron chi connectivity index (χ3n) is 2.87. The van der Waals surface area contributed by atoms with Gasteiger partial charge in [-0.2, -0.15) is 0 Å². The number of nitrogens with two attached hydrogens (primary N) is 1. The van der Waals surface area contributed by atoms with E-state index in [9.17, 15) is 5.11 Å². The monoisotopic (exact) mass is 255 g/mol. The molecule has 0 fully saturated rings. The highest BCUT2D eigenvalue weighted by atomic mass is 16.5. The Balaban J connectivity index is 2.18. The minimum Gasteiger partial charge on any atom is -0.505 e. The van der Waals surface area contributed by atoms with Gasteiger partial charge in [0.05, 0.1) is 0 Å². The van der Waals surface area contributed by atoms with Crippen LogP contribution < -0.4 is 10.5 Å². The lowest BCUT2D eigenvalue weighted by Gasteiger charge is -2.13. The average molecular weight is 255 g/mol. The van der Waals surface area contributed by atoms with Gasteiger partial charge in [0, 0.05) is 5.56 Å². The summed E-state index contributed by atoms with van der Waals surface area (Å²) in [5, 5.41) is 9.98. The maximum absolute atomic E-state index is 9.98.